The fourth-order valence-corrected chi connectivity index (χ4v) is 5.99. The Labute approximate surface area is 229 Å². The summed E-state index contributed by atoms with van der Waals surface area (Å²) in [6, 6.07) is 12.5. The predicted molar refractivity (Wildman–Crippen MR) is 149 cm³/mol. The van der Waals surface area contributed by atoms with Crippen molar-refractivity contribution in [2.45, 2.75) is 45.1 Å². The lowest BCUT2D eigenvalue weighted by atomic mass is 9.95. The number of thiophene rings is 1. The first-order valence-corrected chi connectivity index (χ1v) is 13.6. The number of amides is 1. The minimum absolute atomic E-state index is 0.268. The van der Waals surface area contributed by atoms with Gasteiger partial charge in [-0.3, -0.25) is 4.79 Å². The molecule has 0 spiro atoms. The fraction of sp³-hybridized carbons (Fsp3) is 0.310. The molecule has 202 valence electrons. The topological polar surface area (TPSA) is 120 Å². The van der Waals surface area contributed by atoms with Gasteiger partial charge in [0, 0.05) is 10.4 Å². The van der Waals surface area contributed by atoms with E-state index >= 15 is 0 Å². The van der Waals surface area contributed by atoms with Gasteiger partial charge in [0.25, 0.3) is 5.91 Å². The summed E-state index contributed by atoms with van der Waals surface area (Å²) in [5, 5.41) is 3.27. The van der Waals surface area contributed by atoms with Gasteiger partial charge in [0.05, 0.1) is 36.4 Å². The van der Waals surface area contributed by atoms with Crippen LogP contribution in [-0.2, 0) is 27.1 Å². The molecule has 1 unspecified atom stereocenters. The third-order valence-electron chi connectivity index (χ3n) is 6.79. The van der Waals surface area contributed by atoms with Crippen LogP contribution in [0, 0.1) is 0 Å². The smallest absolute Gasteiger partial charge is 0.341 e. The second kappa shape index (κ2) is 11.3. The van der Waals surface area contributed by atoms with Gasteiger partial charge in [-0.25, -0.2) is 14.6 Å². The van der Waals surface area contributed by atoms with Crippen LogP contribution >= 0.6 is 11.3 Å². The number of H-pyrrole nitrogens is 1. The van der Waals surface area contributed by atoms with Crippen LogP contribution in [0.5, 0.6) is 5.75 Å². The molecule has 1 atom stereocenters. The van der Waals surface area contributed by atoms with Crippen LogP contribution in [0.2, 0.25) is 0 Å². The molecule has 2 aromatic heterocycles. The van der Waals surface area contributed by atoms with Crippen LogP contribution in [-0.4, -0.2) is 48.1 Å². The van der Waals surface area contributed by atoms with E-state index in [0.29, 0.717) is 33.0 Å². The number of nitrogens with one attached hydrogen (secondary N) is 2. The number of carbonyl (C=O) groups excluding carboxylic acids is 3. The van der Waals surface area contributed by atoms with E-state index in [-0.39, 0.29) is 6.42 Å². The van der Waals surface area contributed by atoms with Gasteiger partial charge in [-0.2, -0.15) is 0 Å². The predicted octanol–water partition coefficient (Wildman–Crippen LogP) is 5.54. The number of aryl methyl sites for hydroxylation is 1. The zero-order chi connectivity index (χ0) is 27.5. The molecule has 0 fully saturated rings. The Morgan fingerprint density at radius 1 is 1.05 bits per heavy atom. The molecule has 5 rings (SSSR count). The van der Waals surface area contributed by atoms with E-state index in [0.717, 1.165) is 47.4 Å². The molecule has 2 heterocycles. The van der Waals surface area contributed by atoms with Gasteiger partial charge in [0.1, 0.15) is 16.6 Å². The lowest BCUT2D eigenvalue weighted by Gasteiger charge is -2.16. The van der Waals surface area contributed by atoms with Gasteiger partial charge in [-0.1, -0.05) is 6.92 Å². The number of imidazole rings is 1. The normalized spacial score (nSPS) is 13.4. The van der Waals surface area contributed by atoms with Crippen molar-refractivity contribution >= 4 is 45.2 Å². The Morgan fingerprint density at radius 3 is 2.54 bits per heavy atom. The third kappa shape index (κ3) is 5.37. The number of fused-ring (bicyclic) bond motifs is 2. The van der Waals surface area contributed by atoms with Gasteiger partial charge in [-0.15, -0.1) is 11.3 Å². The first-order valence-electron chi connectivity index (χ1n) is 12.8. The number of esters is 2. The van der Waals surface area contributed by atoms with Gasteiger partial charge in [-0.05, 0) is 80.1 Å². The molecular weight excluding hydrogens is 518 g/mol. The van der Waals surface area contributed by atoms with Crippen molar-refractivity contribution in [2.24, 2.45) is 0 Å². The standard InChI is InChI=1S/C29H29N3O6S/c1-4-22(26(33)32-27-24(29(35)37-3)19-7-5-6-8-23(19)39-27)38-28(34)17-11-14-20-21(15-17)31-25(30-20)16-9-12-18(36-2)13-10-16/h9-15,22H,4-8H2,1-3H3,(H,30,31)(H,32,33). The molecular formula is C29H29N3O6S. The Bertz CT molecular complexity index is 1540. The number of benzene rings is 2. The Balaban J connectivity index is 1.32. The average molecular weight is 548 g/mol. The second-order valence-corrected chi connectivity index (χ2v) is 10.3. The van der Waals surface area contributed by atoms with E-state index in [4.69, 9.17) is 14.2 Å². The second-order valence-electron chi connectivity index (χ2n) is 9.24. The van der Waals surface area contributed by atoms with Crippen LogP contribution in [0.3, 0.4) is 0 Å². The maximum Gasteiger partial charge on any atom is 0.341 e. The van der Waals surface area contributed by atoms with Crippen molar-refractivity contribution in [2.75, 3.05) is 19.5 Å². The van der Waals surface area contributed by atoms with Gasteiger partial charge >= 0.3 is 11.9 Å². The summed E-state index contributed by atoms with van der Waals surface area (Å²) in [7, 11) is 2.94. The number of hydrogen-bond acceptors (Lipinski definition) is 8. The average Bonchev–Trinajstić information content (AvgIpc) is 3.56. The minimum Gasteiger partial charge on any atom is -0.497 e. The van der Waals surface area contributed by atoms with E-state index in [2.05, 4.69) is 15.3 Å². The summed E-state index contributed by atoms with van der Waals surface area (Å²) in [4.78, 5) is 47.6. The number of rotatable bonds is 8. The lowest BCUT2D eigenvalue weighted by molar-refractivity contribution is -0.124. The maximum absolute atomic E-state index is 13.1. The van der Waals surface area contributed by atoms with Crippen LogP contribution < -0.4 is 10.1 Å². The molecule has 39 heavy (non-hydrogen) atoms. The number of anilines is 1. The van der Waals surface area contributed by atoms with E-state index in [1.54, 1.807) is 32.2 Å². The molecule has 1 aliphatic carbocycles. The van der Waals surface area contributed by atoms with Crippen molar-refractivity contribution in [3.63, 3.8) is 0 Å². The van der Waals surface area contributed by atoms with Crippen LogP contribution in [0.4, 0.5) is 5.00 Å². The number of carbonyl (C=O) groups is 3. The van der Waals surface area contributed by atoms with Gasteiger partial charge in [0.15, 0.2) is 6.10 Å². The number of hydrogen-bond donors (Lipinski definition) is 2. The zero-order valence-corrected chi connectivity index (χ0v) is 22.8. The number of methoxy groups -OCH3 is 2. The number of aromatic nitrogens is 2. The Hall–Kier alpha value is -4.18. The highest BCUT2D eigenvalue weighted by molar-refractivity contribution is 7.17. The summed E-state index contributed by atoms with van der Waals surface area (Å²) in [6.45, 7) is 1.76. The molecule has 0 saturated heterocycles. The van der Waals surface area contributed by atoms with Crippen LogP contribution in [0.15, 0.2) is 42.5 Å². The van der Waals surface area contributed by atoms with Crippen LogP contribution in [0.25, 0.3) is 22.4 Å². The van der Waals surface area contributed by atoms with Gasteiger partial charge < -0.3 is 24.5 Å². The fourth-order valence-electron chi connectivity index (χ4n) is 4.71. The SMILES string of the molecule is CCC(OC(=O)c1ccc2nc(-c3ccc(OC)cc3)[nH]c2c1)C(=O)Nc1sc2c(c1C(=O)OC)CCCC2. The number of aromatic amines is 1. The highest BCUT2D eigenvalue weighted by atomic mass is 32.1. The van der Waals surface area contributed by atoms with Crippen molar-refractivity contribution < 1.29 is 28.6 Å². The van der Waals surface area contributed by atoms with Crippen LogP contribution in [0.1, 0.15) is 57.3 Å². The first kappa shape index (κ1) is 26.4. The summed E-state index contributed by atoms with van der Waals surface area (Å²) in [5.41, 5.74) is 3.88. The highest BCUT2D eigenvalue weighted by Gasteiger charge is 2.29. The van der Waals surface area contributed by atoms with E-state index < -0.39 is 23.9 Å². The third-order valence-corrected chi connectivity index (χ3v) is 8.00. The van der Waals surface area contributed by atoms with Crippen molar-refractivity contribution in [3.05, 3.63) is 64.0 Å². The van der Waals surface area contributed by atoms with Gasteiger partial charge in [0.2, 0.25) is 0 Å². The Morgan fingerprint density at radius 2 is 1.82 bits per heavy atom. The first-order chi connectivity index (χ1) is 18.9. The van der Waals surface area contributed by atoms with E-state index in [1.807, 2.05) is 24.3 Å². The molecule has 1 amide bonds. The monoisotopic (exact) mass is 547 g/mol. The molecule has 0 saturated carbocycles. The summed E-state index contributed by atoms with van der Waals surface area (Å²) in [6.07, 6.45) is 2.90. The molecule has 2 aromatic carbocycles. The molecule has 2 N–H and O–H groups in total. The molecule has 1 aliphatic rings. The summed E-state index contributed by atoms with van der Waals surface area (Å²) >= 11 is 1.39. The van der Waals surface area contributed by atoms with E-state index in [1.165, 1.54) is 18.4 Å². The largest absolute Gasteiger partial charge is 0.497 e. The van der Waals surface area contributed by atoms with Crippen molar-refractivity contribution in [1.29, 1.82) is 0 Å². The molecule has 0 radical (unpaired) electrons. The summed E-state index contributed by atoms with van der Waals surface area (Å²) < 4.78 is 15.8. The Kier molecular flexibility index (Phi) is 7.65. The highest BCUT2D eigenvalue weighted by Crippen LogP contribution is 2.38. The summed E-state index contributed by atoms with van der Waals surface area (Å²) in [5.74, 6) is -0.188. The molecule has 9 nitrogen and oxygen atoms in total. The number of nitrogens with zero attached hydrogens (tertiary/aromatic N) is 1. The maximum atomic E-state index is 13.1. The minimum atomic E-state index is -1.03. The molecule has 4 aromatic rings. The molecule has 0 aliphatic heterocycles. The van der Waals surface area contributed by atoms with Crippen molar-refractivity contribution in [3.8, 4) is 17.1 Å². The quantitative estimate of drug-likeness (QED) is 0.278. The number of ether oxygens (including phenoxy) is 3. The molecule has 10 heteroatoms. The van der Waals surface area contributed by atoms with E-state index in [9.17, 15) is 14.4 Å². The lowest BCUT2D eigenvalue weighted by Crippen LogP contribution is -2.32. The zero-order valence-electron chi connectivity index (χ0n) is 22.0. The van der Waals surface area contributed by atoms with Crippen molar-refractivity contribution in [1.82, 2.24) is 9.97 Å². The molecule has 0 bridgehead atoms.